The fourth-order valence-electron chi connectivity index (χ4n) is 2.60. The lowest BCUT2D eigenvalue weighted by Gasteiger charge is -2.16. The Morgan fingerprint density at radius 3 is 2.52 bits per heavy atom. The van der Waals surface area contributed by atoms with Crippen molar-refractivity contribution in [3.63, 3.8) is 0 Å². The second kappa shape index (κ2) is 7.03. The fraction of sp³-hybridized carbons (Fsp3) is 0.600. The van der Waals surface area contributed by atoms with Gasteiger partial charge in [-0.1, -0.05) is 6.92 Å². The van der Waals surface area contributed by atoms with Crippen molar-refractivity contribution in [3.8, 4) is 0 Å². The first-order valence-corrected chi connectivity index (χ1v) is 8.97. The van der Waals surface area contributed by atoms with Gasteiger partial charge in [0.15, 0.2) is 0 Å². The highest BCUT2D eigenvalue weighted by atomic mass is 79.9. The lowest BCUT2D eigenvalue weighted by atomic mass is 10.1. The van der Waals surface area contributed by atoms with E-state index in [-0.39, 0.29) is 6.04 Å². The highest BCUT2D eigenvalue weighted by Gasteiger charge is 2.21. The average Bonchev–Trinajstić information content (AvgIpc) is 2.95. The minimum Gasteiger partial charge on any atom is -0.312 e. The molecule has 0 radical (unpaired) electrons. The molecule has 0 saturated carbocycles. The zero-order valence-corrected chi connectivity index (χ0v) is 15.7. The molecule has 0 aliphatic heterocycles. The molecule has 2 aromatic rings. The standard InChI is InChI=1S/C15H23BrN4S/c1-6-11-14(16)13(20(7-2)19-11)8-12(17-5)15-9(3)18-10(4)21-15/h12,17H,6-8H2,1-5H3. The maximum Gasteiger partial charge on any atom is 0.0900 e. The summed E-state index contributed by atoms with van der Waals surface area (Å²) in [5.41, 5.74) is 3.53. The van der Waals surface area contributed by atoms with Gasteiger partial charge in [0.1, 0.15) is 0 Å². The maximum absolute atomic E-state index is 4.69. The molecule has 0 aliphatic carbocycles. The summed E-state index contributed by atoms with van der Waals surface area (Å²) in [4.78, 5) is 5.88. The summed E-state index contributed by atoms with van der Waals surface area (Å²) in [6, 6.07) is 0.277. The van der Waals surface area contributed by atoms with E-state index >= 15 is 0 Å². The number of aryl methyl sites for hydroxylation is 4. The predicted octanol–water partition coefficient (Wildman–Crippen LogP) is 3.80. The van der Waals surface area contributed by atoms with Crippen LogP contribution >= 0.6 is 27.3 Å². The van der Waals surface area contributed by atoms with E-state index in [2.05, 4.69) is 63.7 Å². The van der Waals surface area contributed by atoms with Gasteiger partial charge in [-0.2, -0.15) is 5.10 Å². The molecule has 1 unspecified atom stereocenters. The second-order valence-corrected chi connectivity index (χ2v) is 7.13. The van der Waals surface area contributed by atoms with Crippen molar-refractivity contribution in [2.75, 3.05) is 7.05 Å². The van der Waals surface area contributed by atoms with Crippen LogP contribution in [0.15, 0.2) is 4.47 Å². The van der Waals surface area contributed by atoms with Crippen LogP contribution in [0.4, 0.5) is 0 Å². The zero-order valence-electron chi connectivity index (χ0n) is 13.3. The van der Waals surface area contributed by atoms with E-state index < -0.39 is 0 Å². The Labute approximate surface area is 139 Å². The minimum absolute atomic E-state index is 0.277. The monoisotopic (exact) mass is 370 g/mol. The van der Waals surface area contributed by atoms with E-state index in [0.717, 1.165) is 40.3 Å². The summed E-state index contributed by atoms with van der Waals surface area (Å²) in [6.07, 6.45) is 1.86. The largest absolute Gasteiger partial charge is 0.312 e. The molecular weight excluding hydrogens is 348 g/mol. The molecule has 0 bridgehead atoms. The SMILES string of the molecule is CCc1nn(CC)c(CC(NC)c2sc(C)nc2C)c1Br. The van der Waals surface area contributed by atoms with E-state index in [0.29, 0.717) is 0 Å². The number of hydrogen-bond donors (Lipinski definition) is 1. The first-order valence-electron chi connectivity index (χ1n) is 7.36. The molecule has 2 rings (SSSR count). The van der Waals surface area contributed by atoms with Crippen molar-refractivity contribution in [3.05, 3.63) is 31.4 Å². The molecule has 0 saturated heterocycles. The molecule has 0 aromatic carbocycles. The number of rotatable bonds is 6. The highest BCUT2D eigenvalue weighted by Crippen LogP contribution is 2.31. The average molecular weight is 371 g/mol. The van der Waals surface area contributed by atoms with Gasteiger partial charge in [0.05, 0.1) is 26.6 Å². The summed E-state index contributed by atoms with van der Waals surface area (Å²) in [6.45, 7) is 9.33. The Hall–Kier alpha value is -0.720. The van der Waals surface area contributed by atoms with Crippen LogP contribution in [0, 0.1) is 13.8 Å². The number of nitrogens with one attached hydrogen (secondary N) is 1. The van der Waals surface area contributed by atoms with Gasteiger partial charge in [0.2, 0.25) is 0 Å². The third kappa shape index (κ3) is 3.38. The number of hydrogen-bond acceptors (Lipinski definition) is 4. The van der Waals surface area contributed by atoms with E-state index in [9.17, 15) is 0 Å². The second-order valence-electron chi connectivity index (χ2n) is 5.10. The normalized spacial score (nSPS) is 12.9. The van der Waals surface area contributed by atoms with Crippen LogP contribution < -0.4 is 5.32 Å². The third-order valence-corrected chi connectivity index (χ3v) is 5.80. The molecule has 1 N–H and O–H groups in total. The van der Waals surface area contributed by atoms with Crippen LogP contribution in [0.2, 0.25) is 0 Å². The zero-order chi connectivity index (χ0) is 15.6. The lowest BCUT2D eigenvalue weighted by Crippen LogP contribution is -2.20. The summed E-state index contributed by atoms with van der Waals surface area (Å²) in [7, 11) is 2.01. The number of thiazole rings is 1. The molecule has 2 aromatic heterocycles. The molecule has 4 nitrogen and oxygen atoms in total. The van der Waals surface area contributed by atoms with E-state index in [4.69, 9.17) is 0 Å². The van der Waals surface area contributed by atoms with Crippen molar-refractivity contribution >= 4 is 27.3 Å². The van der Waals surface area contributed by atoms with Crippen molar-refractivity contribution in [1.29, 1.82) is 0 Å². The predicted molar refractivity (Wildman–Crippen MR) is 92.1 cm³/mol. The molecule has 0 fully saturated rings. The van der Waals surface area contributed by atoms with Gasteiger partial charge in [-0.15, -0.1) is 11.3 Å². The third-order valence-electron chi connectivity index (χ3n) is 3.70. The van der Waals surface area contributed by atoms with E-state index in [1.54, 1.807) is 11.3 Å². The van der Waals surface area contributed by atoms with Crippen molar-refractivity contribution in [2.45, 2.75) is 53.1 Å². The molecule has 0 amide bonds. The number of halogens is 1. The van der Waals surface area contributed by atoms with Crippen molar-refractivity contribution < 1.29 is 0 Å². The van der Waals surface area contributed by atoms with Gasteiger partial charge in [-0.25, -0.2) is 4.98 Å². The molecule has 21 heavy (non-hydrogen) atoms. The number of aromatic nitrogens is 3. The Kier molecular flexibility index (Phi) is 5.57. The Balaban J connectivity index is 2.35. The van der Waals surface area contributed by atoms with Gasteiger partial charge in [0, 0.05) is 23.9 Å². The summed E-state index contributed by atoms with van der Waals surface area (Å²) >= 11 is 5.51. The smallest absolute Gasteiger partial charge is 0.0900 e. The Bertz CT molecular complexity index is 617. The van der Waals surface area contributed by atoms with Crippen LogP contribution in [0.25, 0.3) is 0 Å². The van der Waals surface area contributed by atoms with Crippen LogP contribution in [0.5, 0.6) is 0 Å². The topological polar surface area (TPSA) is 42.7 Å². The number of likely N-dealkylation sites (N-methyl/N-ethyl adjacent to an activating group) is 1. The summed E-state index contributed by atoms with van der Waals surface area (Å²) in [5, 5.41) is 9.25. The van der Waals surface area contributed by atoms with Gasteiger partial charge in [-0.05, 0) is 50.2 Å². The Morgan fingerprint density at radius 1 is 1.33 bits per heavy atom. The quantitative estimate of drug-likeness (QED) is 0.840. The fourth-order valence-corrected chi connectivity index (χ4v) is 4.37. The Morgan fingerprint density at radius 2 is 2.05 bits per heavy atom. The van der Waals surface area contributed by atoms with Gasteiger partial charge >= 0.3 is 0 Å². The van der Waals surface area contributed by atoms with E-state index in [1.807, 2.05) is 7.05 Å². The molecule has 2 heterocycles. The van der Waals surface area contributed by atoms with Gasteiger partial charge in [0.25, 0.3) is 0 Å². The molecule has 116 valence electrons. The van der Waals surface area contributed by atoms with Gasteiger partial charge < -0.3 is 5.32 Å². The lowest BCUT2D eigenvalue weighted by molar-refractivity contribution is 0.543. The molecular formula is C15H23BrN4S. The summed E-state index contributed by atoms with van der Waals surface area (Å²) < 4.78 is 3.27. The molecule has 6 heteroatoms. The summed E-state index contributed by atoms with van der Waals surface area (Å²) in [5.74, 6) is 0. The van der Waals surface area contributed by atoms with Gasteiger partial charge in [-0.3, -0.25) is 4.68 Å². The van der Waals surface area contributed by atoms with Crippen LogP contribution in [0.3, 0.4) is 0 Å². The van der Waals surface area contributed by atoms with Crippen molar-refractivity contribution in [1.82, 2.24) is 20.1 Å². The van der Waals surface area contributed by atoms with E-state index in [1.165, 1.54) is 10.6 Å². The maximum atomic E-state index is 4.69. The van der Waals surface area contributed by atoms with Crippen molar-refractivity contribution in [2.24, 2.45) is 0 Å². The molecule has 0 aliphatic rings. The minimum atomic E-state index is 0.277. The first-order chi connectivity index (χ1) is 10.0. The van der Waals surface area contributed by atoms with Crippen LogP contribution in [-0.2, 0) is 19.4 Å². The number of nitrogens with zero attached hydrogens (tertiary/aromatic N) is 3. The first kappa shape index (κ1) is 16.6. The molecule has 0 spiro atoms. The molecule has 1 atom stereocenters. The van der Waals surface area contributed by atoms with Crippen LogP contribution in [0.1, 0.15) is 46.9 Å². The van der Waals surface area contributed by atoms with Crippen LogP contribution in [-0.4, -0.2) is 21.8 Å². The highest BCUT2D eigenvalue weighted by molar-refractivity contribution is 9.10.